The van der Waals surface area contributed by atoms with Crippen LogP contribution in [-0.2, 0) is 4.79 Å². The molecule has 0 saturated carbocycles. The molecule has 0 unspecified atom stereocenters. The van der Waals surface area contributed by atoms with E-state index in [9.17, 15) is 4.79 Å². The van der Waals surface area contributed by atoms with Gasteiger partial charge in [0.05, 0.1) is 0 Å². The summed E-state index contributed by atoms with van der Waals surface area (Å²) >= 11 is 0. The molecular weight excluding hydrogens is 150 g/mol. The molecular formula is C10H19NO. The van der Waals surface area contributed by atoms with Crippen molar-refractivity contribution in [3.05, 3.63) is 12.2 Å². The van der Waals surface area contributed by atoms with Crippen LogP contribution in [0, 0.1) is 0 Å². The van der Waals surface area contributed by atoms with Crippen molar-refractivity contribution in [1.82, 2.24) is 4.90 Å². The van der Waals surface area contributed by atoms with E-state index in [4.69, 9.17) is 0 Å². The number of carbonyl (C=O) groups is 1. The lowest BCUT2D eigenvalue weighted by atomic mass is 10.2. The summed E-state index contributed by atoms with van der Waals surface area (Å²) in [5.74, 6) is 0.139. The van der Waals surface area contributed by atoms with Gasteiger partial charge in [-0.25, -0.2) is 0 Å². The largest absolute Gasteiger partial charge is 0.300 e. The molecule has 0 aliphatic carbocycles. The lowest BCUT2D eigenvalue weighted by Crippen LogP contribution is -2.36. The minimum atomic E-state index is 0.139. The van der Waals surface area contributed by atoms with Crippen LogP contribution in [0.5, 0.6) is 0 Å². The predicted octanol–water partition coefficient (Wildman–Crippen LogP) is 1.86. The second kappa shape index (κ2) is 7.04. The Hall–Kier alpha value is -0.630. The standard InChI is InChI=1S/C8H13NO.C2H6/c1-8(10)4-2-5-9-6-3-7-9;1-2/h2,4H,3,5-7H2,1H3;1-2H3/b4-2+;. The Morgan fingerprint density at radius 3 is 2.33 bits per heavy atom. The van der Waals surface area contributed by atoms with Gasteiger partial charge < -0.3 is 0 Å². The van der Waals surface area contributed by atoms with Crippen molar-refractivity contribution in [3.8, 4) is 0 Å². The second-order valence-electron chi connectivity index (χ2n) is 2.67. The van der Waals surface area contributed by atoms with Gasteiger partial charge in [0.25, 0.3) is 0 Å². The van der Waals surface area contributed by atoms with Crippen LogP contribution in [0.4, 0.5) is 0 Å². The van der Waals surface area contributed by atoms with E-state index in [1.54, 1.807) is 13.0 Å². The van der Waals surface area contributed by atoms with E-state index < -0.39 is 0 Å². The number of ketones is 1. The highest BCUT2D eigenvalue weighted by Gasteiger charge is 2.10. The zero-order valence-corrected chi connectivity index (χ0v) is 8.34. The maximum absolute atomic E-state index is 10.4. The molecule has 1 aliphatic heterocycles. The lowest BCUT2D eigenvalue weighted by Gasteiger charge is -2.29. The molecule has 1 fully saturated rings. The summed E-state index contributed by atoms with van der Waals surface area (Å²) in [4.78, 5) is 12.7. The number of allylic oxidation sites excluding steroid dienone is 1. The van der Waals surface area contributed by atoms with Crippen LogP contribution in [0.1, 0.15) is 27.2 Å². The van der Waals surface area contributed by atoms with E-state index in [-0.39, 0.29) is 5.78 Å². The normalized spacial score (nSPS) is 16.6. The summed E-state index contributed by atoms with van der Waals surface area (Å²) in [5, 5.41) is 0. The Morgan fingerprint density at radius 2 is 2.00 bits per heavy atom. The molecule has 1 heterocycles. The summed E-state index contributed by atoms with van der Waals surface area (Å²) in [6.45, 7) is 8.91. The number of rotatable bonds is 3. The molecule has 0 amide bonds. The Kier molecular flexibility index (Phi) is 6.67. The molecule has 70 valence electrons. The Bertz CT molecular complexity index is 148. The van der Waals surface area contributed by atoms with Gasteiger partial charge in [-0.05, 0) is 32.5 Å². The number of hydrogen-bond donors (Lipinski definition) is 0. The highest BCUT2D eigenvalue weighted by Crippen LogP contribution is 2.03. The minimum Gasteiger partial charge on any atom is -0.300 e. The van der Waals surface area contributed by atoms with Gasteiger partial charge in [-0.2, -0.15) is 0 Å². The average molecular weight is 169 g/mol. The molecule has 0 N–H and O–H groups in total. The first-order chi connectivity index (χ1) is 5.79. The van der Waals surface area contributed by atoms with Crippen LogP contribution in [0.3, 0.4) is 0 Å². The van der Waals surface area contributed by atoms with Crippen molar-refractivity contribution >= 4 is 5.78 Å². The topological polar surface area (TPSA) is 20.3 Å². The smallest absolute Gasteiger partial charge is 0.152 e. The fourth-order valence-electron chi connectivity index (χ4n) is 0.932. The number of carbonyl (C=O) groups excluding carboxylic acids is 1. The van der Waals surface area contributed by atoms with Gasteiger partial charge in [0.1, 0.15) is 0 Å². The highest BCUT2D eigenvalue weighted by molar-refractivity contribution is 5.87. The Morgan fingerprint density at radius 1 is 1.42 bits per heavy atom. The van der Waals surface area contributed by atoms with E-state index in [0.29, 0.717) is 0 Å². The van der Waals surface area contributed by atoms with Gasteiger partial charge in [0, 0.05) is 6.54 Å². The summed E-state index contributed by atoms with van der Waals surface area (Å²) in [6, 6.07) is 0. The fraction of sp³-hybridized carbons (Fsp3) is 0.700. The van der Waals surface area contributed by atoms with E-state index in [1.165, 1.54) is 19.5 Å². The third kappa shape index (κ3) is 5.08. The third-order valence-electron chi connectivity index (χ3n) is 1.66. The monoisotopic (exact) mass is 169 g/mol. The molecule has 0 atom stereocenters. The van der Waals surface area contributed by atoms with E-state index in [1.807, 2.05) is 19.9 Å². The number of hydrogen-bond acceptors (Lipinski definition) is 2. The van der Waals surface area contributed by atoms with E-state index in [0.717, 1.165) is 6.54 Å². The van der Waals surface area contributed by atoms with Gasteiger partial charge in [-0.3, -0.25) is 9.69 Å². The van der Waals surface area contributed by atoms with Gasteiger partial charge >= 0.3 is 0 Å². The van der Waals surface area contributed by atoms with Crippen LogP contribution < -0.4 is 0 Å². The number of likely N-dealkylation sites (tertiary alicyclic amines) is 1. The zero-order chi connectivity index (χ0) is 9.40. The van der Waals surface area contributed by atoms with Crippen LogP contribution in [0.2, 0.25) is 0 Å². The Labute approximate surface area is 75.3 Å². The molecule has 0 aromatic heterocycles. The van der Waals surface area contributed by atoms with Crippen LogP contribution >= 0.6 is 0 Å². The second-order valence-corrected chi connectivity index (χ2v) is 2.67. The van der Waals surface area contributed by atoms with Gasteiger partial charge in [0.15, 0.2) is 5.78 Å². The molecule has 0 aromatic carbocycles. The molecule has 2 nitrogen and oxygen atoms in total. The summed E-state index contributed by atoms with van der Waals surface area (Å²) in [5.41, 5.74) is 0. The SMILES string of the molecule is CC.CC(=O)/C=C/CN1CCC1. The quantitative estimate of drug-likeness (QED) is 0.601. The minimum absolute atomic E-state index is 0.139. The van der Waals surface area contributed by atoms with Crippen molar-refractivity contribution < 1.29 is 4.79 Å². The van der Waals surface area contributed by atoms with Crippen LogP contribution in [0.25, 0.3) is 0 Å². The van der Waals surface area contributed by atoms with E-state index >= 15 is 0 Å². The average Bonchev–Trinajstić information content (AvgIpc) is 1.98. The van der Waals surface area contributed by atoms with Crippen molar-refractivity contribution in [2.75, 3.05) is 19.6 Å². The molecule has 1 saturated heterocycles. The van der Waals surface area contributed by atoms with Gasteiger partial charge in [-0.15, -0.1) is 0 Å². The maximum atomic E-state index is 10.4. The van der Waals surface area contributed by atoms with Crippen LogP contribution in [-0.4, -0.2) is 30.3 Å². The zero-order valence-electron chi connectivity index (χ0n) is 8.34. The van der Waals surface area contributed by atoms with Gasteiger partial charge in [-0.1, -0.05) is 19.9 Å². The lowest BCUT2D eigenvalue weighted by molar-refractivity contribution is -0.112. The summed E-state index contributed by atoms with van der Waals surface area (Å²) < 4.78 is 0. The molecule has 2 heteroatoms. The molecule has 1 rings (SSSR count). The summed E-state index contributed by atoms with van der Waals surface area (Å²) in [7, 11) is 0. The van der Waals surface area contributed by atoms with Crippen molar-refractivity contribution in [2.45, 2.75) is 27.2 Å². The fourth-order valence-corrected chi connectivity index (χ4v) is 0.932. The molecule has 0 radical (unpaired) electrons. The third-order valence-corrected chi connectivity index (χ3v) is 1.66. The first-order valence-corrected chi connectivity index (χ1v) is 4.68. The van der Waals surface area contributed by atoms with Crippen molar-refractivity contribution in [1.29, 1.82) is 0 Å². The van der Waals surface area contributed by atoms with Gasteiger partial charge in [0.2, 0.25) is 0 Å². The first kappa shape index (κ1) is 11.4. The van der Waals surface area contributed by atoms with Crippen molar-refractivity contribution in [3.63, 3.8) is 0 Å². The highest BCUT2D eigenvalue weighted by atomic mass is 16.1. The molecule has 0 spiro atoms. The maximum Gasteiger partial charge on any atom is 0.152 e. The number of nitrogens with zero attached hydrogens (tertiary/aromatic N) is 1. The predicted molar refractivity (Wildman–Crippen MR) is 52.2 cm³/mol. The van der Waals surface area contributed by atoms with Crippen molar-refractivity contribution in [2.24, 2.45) is 0 Å². The van der Waals surface area contributed by atoms with E-state index in [2.05, 4.69) is 4.90 Å². The molecule has 0 bridgehead atoms. The van der Waals surface area contributed by atoms with Crippen LogP contribution in [0.15, 0.2) is 12.2 Å². The molecule has 0 aromatic rings. The Balaban J connectivity index is 0.000000561. The summed E-state index contributed by atoms with van der Waals surface area (Å²) in [6.07, 6.45) is 4.88. The molecule has 1 aliphatic rings. The molecule has 12 heavy (non-hydrogen) atoms. The first-order valence-electron chi connectivity index (χ1n) is 4.68.